The molecule has 0 saturated heterocycles. The molecule has 0 aromatic heterocycles. The highest BCUT2D eigenvalue weighted by atomic mass is 79.9. The van der Waals surface area contributed by atoms with Crippen LogP contribution in [0.1, 0.15) is 5.56 Å². The summed E-state index contributed by atoms with van der Waals surface area (Å²) in [6, 6.07) is 35.7. The summed E-state index contributed by atoms with van der Waals surface area (Å²) in [6.07, 6.45) is 0.744. The Labute approximate surface area is 199 Å². The topological polar surface area (TPSA) is 9.23 Å². The first-order valence-electron chi connectivity index (χ1n) is 10.3. The van der Waals surface area contributed by atoms with E-state index in [4.69, 9.17) is 4.74 Å². The maximum absolute atomic E-state index is 13.6. The molecule has 0 amide bonds. The largest absolute Gasteiger partial charge is 1.00 e. The first kappa shape index (κ1) is 24.1. The van der Waals surface area contributed by atoms with Gasteiger partial charge in [0.25, 0.3) is 0 Å². The number of alkyl halides is 1. The van der Waals surface area contributed by atoms with Crippen LogP contribution >= 0.6 is 7.26 Å². The summed E-state index contributed by atoms with van der Waals surface area (Å²) in [6.45, 7) is -0.499. The summed E-state index contributed by atoms with van der Waals surface area (Å²) in [4.78, 5) is 0. The third-order valence-corrected chi connectivity index (χ3v) is 9.69. The number of ether oxygens (including phenoxy) is 1. The molecule has 4 aromatic rings. The van der Waals surface area contributed by atoms with Crippen LogP contribution in [0.3, 0.4) is 0 Å². The van der Waals surface area contributed by atoms with E-state index >= 15 is 0 Å². The fraction of sp³-hybridized carbons (Fsp3) is 0.111. The Morgan fingerprint density at radius 1 is 0.656 bits per heavy atom. The van der Waals surface area contributed by atoms with E-state index in [-0.39, 0.29) is 29.4 Å². The number of hydrogen-bond acceptors (Lipinski definition) is 1. The summed E-state index contributed by atoms with van der Waals surface area (Å²) in [5.41, 5.74) is 1.07. The van der Waals surface area contributed by atoms with Gasteiger partial charge in [0.1, 0.15) is 48.0 Å². The average Bonchev–Trinajstić information content (AvgIpc) is 2.84. The first-order chi connectivity index (χ1) is 15.2. The summed E-state index contributed by atoms with van der Waals surface area (Å²) in [5, 5.41) is 3.60. The van der Waals surface area contributed by atoms with Crippen LogP contribution in [-0.4, -0.2) is 13.3 Å². The molecular weight excluding hydrogens is 489 g/mol. The Hall–Kier alpha value is -2.55. The van der Waals surface area contributed by atoms with E-state index in [0.29, 0.717) is 5.75 Å². The predicted molar refractivity (Wildman–Crippen MR) is 127 cm³/mol. The highest BCUT2D eigenvalue weighted by Gasteiger charge is 2.45. The second-order valence-electron chi connectivity index (χ2n) is 7.30. The van der Waals surface area contributed by atoms with Gasteiger partial charge in [-0.25, -0.2) is 8.78 Å². The average molecular weight is 513 g/mol. The number of benzene rings is 4. The van der Waals surface area contributed by atoms with Crippen molar-refractivity contribution in [1.82, 2.24) is 0 Å². The van der Waals surface area contributed by atoms with Crippen molar-refractivity contribution in [2.75, 3.05) is 13.3 Å². The second kappa shape index (κ2) is 11.4. The molecule has 0 heterocycles. The van der Waals surface area contributed by atoms with Crippen LogP contribution < -0.4 is 37.6 Å². The fourth-order valence-electron chi connectivity index (χ4n) is 3.92. The smallest absolute Gasteiger partial charge is 0.123 e. The zero-order valence-electron chi connectivity index (χ0n) is 17.5. The van der Waals surface area contributed by atoms with Gasteiger partial charge in [0.15, 0.2) is 0 Å². The monoisotopic (exact) mass is 512 g/mol. The van der Waals surface area contributed by atoms with Crippen LogP contribution in [0, 0.1) is 5.82 Å². The third-order valence-electron chi connectivity index (χ3n) is 5.33. The van der Waals surface area contributed by atoms with Gasteiger partial charge in [0.2, 0.25) is 0 Å². The van der Waals surface area contributed by atoms with Gasteiger partial charge >= 0.3 is 0 Å². The summed E-state index contributed by atoms with van der Waals surface area (Å²) in [5.74, 6) is 0.416. The molecule has 32 heavy (non-hydrogen) atoms. The Morgan fingerprint density at radius 3 is 1.78 bits per heavy atom. The van der Waals surface area contributed by atoms with E-state index in [9.17, 15) is 8.78 Å². The molecule has 0 unspecified atom stereocenters. The van der Waals surface area contributed by atoms with Gasteiger partial charge in [-0.2, -0.15) is 0 Å². The van der Waals surface area contributed by atoms with Gasteiger partial charge < -0.3 is 21.7 Å². The molecular formula is C27H24BrF2OP. The van der Waals surface area contributed by atoms with Crippen molar-refractivity contribution in [2.45, 2.75) is 6.16 Å². The van der Waals surface area contributed by atoms with E-state index in [1.165, 1.54) is 22.7 Å². The van der Waals surface area contributed by atoms with E-state index in [1.807, 2.05) is 42.5 Å². The van der Waals surface area contributed by atoms with Crippen molar-refractivity contribution in [3.05, 3.63) is 121 Å². The zero-order valence-corrected chi connectivity index (χ0v) is 20.0. The minimum Gasteiger partial charge on any atom is -1.00 e. The molecule has 0 N–H and O–H groups in total. The van der Waals surface area contributed by atoms with Crippen molar-refractivity contribution in [3.63, 3.8) is 0 Å². The molecule has 4 aromatic carbocycles. The molecule has 0 spiro atoms. The second-order valence-corrected chi connectivity index (χ2v) is 10.8. The minimum absolute atomic E-state index is 0. The van der Waals surface area contributed by atoms with Crippen molar-refractivity contribution < 1.29 is 30.5 Å². The Morgan fingerprint density at radius 2 is 1.22 bits per heavy atom. The van der Waals surface area contributed by atoms with Gasteiger partial charge in [-0.3, -0.25) is 0 Å². The molecule has 4 rings (SSSR count). The Balaban J connectivity index is 0.00000289. The quantitative estimate of drug-likeness (QED) is 0.330. The molecule has 5 heteroatoms. The number of rotatable bonds is 8. The molecule has 1 nitrogen and oxygen atoms in total. The number of halogens is 3. The predicted octanol–water partition coefficient (Wildman–Crippen LogP) is 2.67. The van der Waals surface area contributed by atoms with Crippen molar-refractivity contribution in [2.24, 2.45) is 0 Å². The molecule has 0 atom stereocenters. The highest BCUT2D eigenvalue weighted by molar-refractivity contribution is 7.95. The van der Waals surface area contributed by atoms with E-state index in [1.54, 1.807) is 0 Å². The summed E-state index contributed by atoms with van der Waals surface area (Å²) >= 11 is 0. The van der Waals surface area contributed by atoms with Crippen LogP contribution in [0.15, 0.2) is 109 Å². The molecule has 0 fully saturated rings. The first-order valence-corrected chi connectivity index (χ1v) is 12.2. The lowest BCUT2D eigenvalue weighted by molar-refractivity contribution is -0.00000749. The normalized spacial score (nSPS) is 10.9. The van der Waals surface area contributed by atoms with Crippen molar-refractivity contribution in [1.29, 1.82) is 0 Å². The maximum atomic E-state index is 13.6. The molecule has 0 bridgehead atoms. The summed E-state index contributed by atoms with van der Waals surface area (Å²) in [7, 11) is -2.15. The molecule has 164 valence electrons. The van der Waals surface area contributed by atoms with Gasteiger partial charge in [-0.15, -0.1) is 0 Å². The van der Waals surface area contributed by atoms with Gasteiger partial charge in [0.05, 0.1) is 6.16 Å². The van der Waals surface area contributed by atoms with Crippen LogP contribution in [0.2, 0.25) is 0 Å². The van der Waals surface area contributed by atoms with E-state index < -0.39 is 13.9 Å². The Kier molecular flexibility index (Phi) is 8.55. The third kappa shape index (κ3) is 5.26. The highest BCUT2D eigenvalue weighted by Crippen LogP contribution is 2.58. The van der Waals surface area contributed by atoms with Crippen LogP contribution in [-0.2, 0) is 6.16 Å². The molecule has 0 radical (unpaired) electrons. The minimum atomic E-state index is -2.15. The van der Waals surface area contributed by atoms with Crippen molar-refractivity contribution >= 4 is 23.2 Å². The van der Waals surface area contributed by atoms with Gasteiger partial charge in [-0.05, 0) is 54.1 Å². The van der Waals surface area contributed by atoms with E-state index in [2.05, 4.69) is 54.6 Å². The maximum Gasteiger partial charge on any atom is 0.123 e. The zero-order chi connectivity index (χ0) is 21.5. The van der Waals surface area contributed by atoms with Gasteiger partial charge in [0, 0.05) is 6.07 Å². The fourth-order valence-corrected chi connectivity index (χ4v) is 8.17. The van der Waals surface area contributed by atoms with Crippen LogP contribution in [0.4, 0.5) is 8.78 Å². The van der Waals surface area contributed by atoms with E-state index in [0.717, 1.165) is 17.0 Å². The molecule has 0 aliphatic heterocycles. The molecule has 0 saturated carbocycles. The summed E-state index contributed by atoms with van der Waals surface area (Å²) < 4.78 is 32.0. The lowest BCUT2D eigenvalue weighted by Gasteiger charge is -2.28. The van der Waals surface area contributed by atoms with Gasteiger partial charge in [-0.1, -0.05) is 54.6 Å². The van der Waals surface area contributed by atoms with Crippen LogP contribution in [0.25, 0.3) is 0 Å². The number of hydrogen-bond donors (Lipinski definition) is 0. The lowest BCUT2D eigenvalue weighted by Crippen LogP contribution is -3.00. The molecule has 0 aliphatic carbocycles. The Bertz CT molecular complexity index is 1070. The van der Waals surface area contributed by atoms with Crippen LogP contribution in [0.5, 0.6) is 5.75 Å². The SMILES string of the molecule is FCCOc1cccc([P+](Cc2ccc(F)cc2)(c2ccccc2)c2ccccc2)c1.[Br-]. The standard InChI is InChI=1S/C27H24F2OP.BrH/c28-18-19-30-24-8-7-13-27(20-24)31(25-9-3-1-4-10-25,26-11-5-2-6-12-26)21-22-14-16-23(29)17-15-22;/h1-17,20H,18-19,21H2;1H/q+1;/p-1. The lowest BCUT2D eigenvalue weighted by atomic mass is 10.2. The van der Waals surface area contributed by atoms with Crippen molar-refractivity contribution in [3.8, 4) is 5.75 Å². The molecule has 0 aliphatic rings.